The lowest BCUT2D eigenvalue weighted by atomic mass is 9.95. The second kappa shape index (κ2) is 8.73. The van der Waals surface area contributed by atoms with Crippen LogP contribution < -0.4 is 10.6 Å². The van der Waals surface area contributed by atoms with Gasteiger partial charge in [0.05, 0.1) is 18.8 Å². The van der Waals surface area contributed by atoms with E-state index in [1.165, 1.54) is 11.1 Å². The molecule has 2 rings (SSSR count). The van der Waals surface area contributed by atoms with E-state index in [0.717, 1.165) is 18.6 Å². The van der Waals surface area contributed by atoms with Gasteiger partial charge in [-0.05, 0) is 54.2 Å². The second-order valence-electron chi connectivity index (χ2n) is 5.84. The van der Waals surface area contributed by atoms with Crippen molar-refractivity contribution < 1.29 is 4.42 Å². The molecule has 2 aromatic rings. The summed E-state index contributed by atoms with van der Waals surface area (Å²) in [6.07, 6.45) is 3.81. The molecule has 0 saturated carbocycles. The number of hydrogen-bond donors (Lipinski definition) is 2. The molecule has 0 aliphatic rings. The van der Waals surface area contributed by atoms with Crippen LogP contribution in [0.25, 0.3) is 0 Å². The summed E-state index contributed by atoms with van der Waals surface area (Å²) in [5.41, 5.74) is 2.66. The summed E-state index contributed by atoms with van der Waals surface area (Å²) in [4.78, 5) is 0. The molecule has 0 aliphatic carbocycles. The molecule has 0 amide bonds. The average molecular weight is 330 g/mol. The minimum absolute atomic E-state index is 0.220. The smallest absolute Gasteiger partial charge is 0.167 e. The molecule has 3 nitrogen and oxygen atoms in total. The van der Waals surface area contributed by atoms with E-state index < -0.39 is 0 Å². The third-order valence-electron chi connectivity index (χ3n) is 4.24. The zero-order valence-corrected chi connectivity index (χ0v) is 15.0. The van der Waals surface area contributed by atoms with Gasteiger partial charge in [-0.2, -0.15) is 0 Å². The molecule has 1 aromatic heterocycles. The highest BCUT2D eigenvalue weighted by Crippen LogP contribution is 2.22. The van der Waals surface area contributed by atoms with Crippen molar-refractivity contribution in [1.82, 2.24) is 10.6 Å². The zero-order chi connectivity index (χ0) is 16.7. The predicted molar refractivity (Wildman–Crippen MR) is 99.5 cm³/mol. The maximum absolute atomic E-state index is 5.39. The Kier molecular flexibility index (Phi) is 6.66. The Morgan fingerprint density at radius 1 is 1.09 bits per heavy atom. The van der Waals surface area contributed by atoms with Crippen LogP contribution in [0.5, 0.6) is 0 Å². The van der Waals surface area contributed by atoms with Gasteiger partial charge in [-0.3, -0.25) is 0 Å². The lowest BCUT2D eigenvalue weighted by Gasteiger charge is -2.20. The number of thiocarbonyl (C=S) groups is 1. The normalized spacial score (nSPS) is 13.3. The van der Waals surface area contributed by atoms with Crippen molar-refractivity contribution in [3.05, 3.63) is 59.5 Å². The fraction of sp³-hybridized carbons (Fsp3) is 0.421. The van der Waals surface area contributed by atoms with E-state index in [4.69, 9.17) is 16.6 Å². The van der Waals surface area contributed by atoms with Gasteiger partial charge in [0.1, 0.15) is 5.76 Å². The van der Waals surface area contributed by atoms with Crippen LogP contribution in [0.3, 0.4) is 0 Å². The minimum atomic E-state index is 0.220. The molecule has 1 heterocycles. The highest BCUT2D eigenvalue weighted by molar-refractivity contribution is 7.80. The first-order valence-corrected chi connectivity index (χ1v) is 8.71. The Morgan fingerprint density at radius 2 is 1.78 bits per heavy atom. The van der Waals surface area contributed by atoms with Crippen LogP contribution in [0, 0.1) is 0 Å². The van der Waals surface area contributed by atoms with E-state index in [1.807, 2.05) is 12.1 Å². The molecule has 2 atom stereocenters. The van der Waals surface area contributed by atoms with Crippen LogP contribution in [0.15, 0.2) is 47.1 Å². The molecule has 0 saturated heterocycles. The molecular weight excluding hydrogens is 304 g/mol. The van der Waals surface area contributed by atoms with Gasteiger partial charge in [0.25, 0.3) is 0 Å². The number of benzene rings is 1. The molecule has 2 unspecified atom stereocenters. The van der Waals surface area contributed by atoms with E-state index in [9.17, 15) is 0 Å². The van der Waals surface area contributed by atoms with Gasteiger partial charge >= 0.3 is 0 Å². The van der Waals surface area contributed by atoms with Crippen molar-refractivity contribution in [1.29, 1.82) is 0 Å². The van der Waals surface area contributed by atoms with E-state index in [-0.39, 0.29) is 6.04 Å². The first kappa shape index (κ1) is 17.5. The van der Waals surface area contributed by atoms with Gasteiger partial charge in [0.15, 0.2) is 5.11 Å². The fourth-order valence-corrected chi connectivity index (χ4v) is 2.72. The van der Waals surface area contributed by atoms with Gasteiger partial charge in [0.2, 0.25) is 0 Å². The van der Waals surface area contributed by atoms with Gasteiger partial charge in [-0.25, -0.2) is 0 Å². The lowest BCUT2D eigenvalue weighted by Crippen LogP contribution is -2.37. The number of furan rings is 1. The Morgan fingerprint density at radius 3 is 2.35 bits per heavy atom. The number of rotatable bonds is 7. The predicted octanol–water partition coefficient (Wildman–Crippen LogP) is 4.91. The molecule has 0 aliphatic heterocycles. The van der Waals surface area contributed by atoms with Crippen molar-refractivity contribution in [3.63, 3.8) is 0 Å². The molecule has 1 aromatic carbocycles. The van der Waals surface area contributed by atoms with Crippen LogP contribution >= 0.6 is 12.2 Å². The average Bonchev–Trinajstić information content (AvgIpc) is 3.11. The van der Waals surface area contributed by atoms with Crippen molar-refractivity contribution in [2.24, 2.45) is 0 Å². The van der Waals surface area contributed by atoms with Gasteiger partial charge in [-0.1, -0.05) is 45.0 Å². The Bertz CT molecular complexity index is 592. The van der Waals surface area contributed by atoms with Crippen molar-refractivity contribution in [2.45, 2.75) is 52.1 Å². The van der Waals surface area contributed by atoms with Gasteiger partial charge < -0.3 is 15.1 Å². The monoisotopic (exact) mass is 330 g/mol. The summed E-state index contributed by atoms with van der Waals surface area (Å²) in [5, 5.41) is 7.22. The quantitative estimate of drug-likeness (QED) is 0.707. The lowest BCUT2D eigenvalue weighted by molar-refractivity contribution is 0.500. The van der Waals surface area contributed by atoms with E-state index in [1.54, 1.807) is 6.26 Å². The Labute approximate surface area is 144 Å². The molecular formula is C19H26N2OS. The van der Waals surface area contributed by atoms with E-state index >= 15 is 0 Å². The molecule has 0 spiro atoms. The van der Waals surface area contributed by atoms with Gasteiger partial charge in [0, 0.05) is 0 Å². The summed E-state index contributed by atoms with van der Waals surface area (Å²) in [6, 6.07) is 12.9. The fourth-order valence-electron chi connectivity index (χ4n) is 2.50. The number of hydrogen-bond acceptors (Lipinski definition) is 2. The summed E-state index contributed by atoms with van der Waals surface area (Å²) < 4.78 is 5.30. The SMILES string of the molecule is CCC(C)c1ccc(C(CC)NC(=S)NCc2ccco2)cc1. The van der Waals surface area contributed by atoms with Crippen LogP contribution in [0.1, 0.15) is 62.5 Å². The molecule has 0 radical (unpaired) electrons. The topological polar surface area (TPSA) is 37.2 Å². The first-order valence-electron chi connectivity index (χ1n) is 8.30. The maximum atomic E-state index is 5.39. The molecule has 23 heavy (non-hydrogen) atoms. The van der Waals surface area contributed by atoms with Crippen LogP contribution in [0.2, 0.25) is 0 Å². The van der Waals surface area contributed by atoms with E-state index in [2.05, 4.69) is 55.7 Å². The Balaban J connectivity index is 1.92. The third-order valence-corrected chi connectivity index (χ3v) is 4.50. The molecule has 0 fully saturated rings. The van der Waals surface area contributed by atoms with Crippen LogP contribution in [-0.2, 0) is 6.54 Å². The standard InChI is InChI=1S/C19H26N2OS/c1-4-14(3)15-8-10-16(11-9-15)18(5-2)21-19(23)20-13-17-7-6-12-22-17/h6-12,14,18H,4-5,13H2,1-3H3,(H2,20,21,23). The highest BCUT2D eigenvalue weighted by Gasteiger charge is 2.11. The van der Waals surface area contributed by atoms with Crippen molar-refractivity contribution in [2.75, 3.05) is 0 Å². The summed E-state index contributed by atoms with van der Waals surface area (Å²) in [5.74, 6) is 1.48. The first-order chi connectivity index (χ1) is 11.1. The molecule has 2 N–H and O–H groups in total. The third kappa shape index (κ3) is 5.10. The van der Waals surface area contributed by atoms with Crippen LogP contribution in [-0.4, -0.2) is 5.11 Å². The van der Waals surface area contributed by atoms with Crippen LogP contribution in [0.4, 0.5) is 0 Å². The number of nitrogens with one attached hydrogen (secondary N) is 2. The molecule has 0 bridgehead atoms. The Hall–Kier alpha value is -1.81. The van der Waals surface area contributed by atoms with Crippen molar-refractivity contribution in [3.8, 4) is 0 Å². The maximum Gasteiger partial charge on any atom is 0.167 e. The summed E-state index contributed by atoms with van der Waals surface area (Å²) >= 11 is 5.39. The summed E-state index contributed by atoms with van der Waals surface area (Å²) in [6.45, 7) is 7.24. The minimum Gasteiger partial charge on any atom is -0.467 e. The molecule has 124 valence electrons. The van der Waals surface area contributed by atoms with E-state index in [0.29, 0.717) is 17.6 Å². The largest absolute Gasteiger partial charge is 0.467 e. The van der Waals surface area contributed by atoms with Gasteiger partial charge in [-0.15, -0.1) is 0 Å². The summed E-state index contributed by atoms with van der Waals surface area (Å²) in [7, 11) is 0. The highest BCUT2D eigenvalue weighted by atomic mass is 32.1. The van der Waals surface area contributed by atoms with Crippen molar-refractivity contribution >= 4 is 17.3 Å². The zero-order valence-electron chi connectivity index (χ0n) is 14.1. The second-order valence-corrected chi connectivity index (χ2v) is 6.25. The molecule has 4 heteroatoms.